The standard InChI is InChI=1S/C14H22BrNO2S2/c1-3-16-14(11-8-13(15)19-9-11)10-5-4-6-12(7-10)20(2,17)18/h8-10,12,14,16H,3-7H2,1-2H3. The van der Waals surface area contributed by atoms with E-state index in [4.69, 9.17) is 0 Å². The van der Waals surface area contributed by atoms with Gasteiger partial charge in [0.15, 0.2) is 0 Å². The third-order valence-electron chi connectivity index (χ3n) is 4.11. The van der Waals surface area contributed by atoms with Gasteiger partial charge in [-0.25, -0.2) is 8.42 Å². The van der Waals surface area contributed by atoms with Crippen molar-refractivity contribution in [3.63, 3.8) is 0 Å². The van der Waals surface area contributed by atoms with Crippen molar-refractivity contribution >= 4 is 37.1 Å². The molecule has 6 heteroatoms. The molecule has 1 saturated carbocycles. The van der Waals surface area contributed by atoms with E-state index in [1.54, 1.807) is 11.3 Å². The number of hydrogen-bond donors (Lipinski definition) is 1. The van der Waals surface area contributed by atoms with Gasteiger partial charge < -0.3 is 5.32 Å². The maximum Gasteiger partial charge on any atom is 0.150 e. The van der Waals surface area contributed by atoms with Gasteiger partial charge in [0.2, 0.25) is 0 Å². The van der Waals surface area contributed by atoms with Crippen LogP contribution in [-0.2, 0) is 9.84 Å². The SMILES string of the molecule is CCNC(c1csc(Br)c1)C1CCCC(S(C)(=O)=O)C1. The molecule has 114 valence electrons. The highest BCUT2D eigenvalue weighted by molar-refractivity contribution is 9.11. The first kappa shape index (κ1) is 16.5. The van der Waals surface area contributed by atoms with Crippen molar-refractivity contribution in [1.29, 1.82) is 0 Å². The Morgan fingerprint density at radius 2 is 2.25 bits per heavy atom. The number of rotatable bonds is 5. The minimum absolute atomic E-state index is 0.163. The third-order valence-corrected chi connectivity index (χ3v) is 7.28. The molecular weight excluding hydrogens is 358 g/mol. The molecule has 3 nitrogen and oxygen atoms in total. The molecule has 1 aliphatic rings. The summed E-state index contributed by atoms with van der Waals surface area (Å²) in [6.45, 7) is 3.00. The van der Waals surface area contributed by atoms with E-state index in [1.165, 1.54) is 11.8 Å². The molecule has 0 aromatic carbocycles. The Hall–Kier alpha value is 0.0900. The predicted molar refractivity (Wildman–Crippen MR) is 89.0 cm³/mol. The maximum absolute atomic E-state index is 11.8. The van der Waals surface area contributed by atoms with E-state index < -0.39 is 9.84 Å². The second-order valence-corrected chi connectivity index (χ2v) is 10.2. The third kappa shape index (κ3) is 4.06. The Bertz CT molecular complexity index is 541. The summed E-state index contributed by atoms with van der Waals surface area (Å²) in [5.41, 5.74) is 1.28. The average Bonchev–Trinajstić information content (AvgIpc) is 2.81. The fourth-order valence-corrected chi connectivity index (χ4v) is 5.54. The van der Waals surface area contributed by atoms with Crippen LogP contribution >= 0.6 is 27.3 Å². The molecule has 1 aromatic heterocycles. The van der Waals surface area contributed by atoms with Gasteiger partial charge in [-0.15, -0.1) is 11.3 Å². The van der Waals surface area contributed by atoms with Crippen LogP contribution < -0.4 is 5.32 Å². The number of hydrogen-bond acceptors (Lipinski definition) is 4. The molecule has 0 amide bonds. The molecular formula is C14H22BrNO2S2. The van der Waals surface area contributed by atoms with Crippen LogP contribution in [-0.4, -0.2) is 26.5 Å². The summed E-state index contributed by atoms with van der Waals surface area (Å²) in [6, 6.07) is 2.43. The van der Waals surface area contributed by atoms with Crippen molar-refractivity contribution in [2.45, 2.75) is 43.9 Å². The van der Waals surface area contributed by atoms with Crippen LogP contribution in [0.25, 0.3) is 0 Å². The van der Waals surface area contributed by atoms with Crippen molar-refractivity contribution in [2.24, 2.45) is 5.92 Å². The van der Waals surface area contributed by atoms with Gasteiger partial charge in [0.05, 0.1) is 9.04 Å². The monoisotopic (exact) mass is 379 g/mol. The molecule has 1 heterocycles. The molecule has 1 fully saturated rings. The minimum Gasteiger partial charge on any atom is -0.310 e. The highest BCUT2D eigenvalue weighted by Gasteiger charge is 2.33. The Morgan fingerprint density at radius 1 is 1.50 bits per heavy atom. The summed E-state index contributed by atoms with van der Waals surface area (Å²) in [5, 5.41) is 5.55. The molecule has 2 rings (SSSR count). The molecule has 0 radical (unpaired) electrons. The lowest BCUT2D eigenvalue weighted by atomic mass is 9.81. The highest BCUT2D eigenvalue weighted by atomic mass is 79.9. The minimum atomic E-state index is -2.92. The Morgan fingerprint density at radius 3 is 2.80 bits per heavy atom. The van der Waals surface area contributed by atoms with Crippen molar-refractivity contribution < 1.29 is 8.42 Å². The zero-order chi connectivity index (χ0) is 14.8. The van der Waals surface area contributed by atoms with E-state index in [9.17, 15) is 8.42 Å². The van der Waals surface area contributed by atoms with Crippen LogP contribution in [0.2, 0.25) is 0 Å². The van der Waals surface area contributed by atoms with Gasteiger partial charge in [-0.3, -0.25) is 0 Å². The van der Waals surface area contributed by atoms with Crippen molar-refractivity contribution in [3.8, 4) is 0 Å². The van der Waals surface area contributed by atoms with Gasteiger partial charge in [-0.2, -0.15) is 0 Å². The summed E-state index contributed by atoms with van der Waals surface area (Å²) in [5.74, 6) is 0.407. The molecule has 3 unspecified atom stereocenters. The first-order valence-electron chi connectivity index (χ1n) is 7.08. The molecule has 0 spiro atoms. The fourth-order valence-electron chi connectivity index (χ4n) is 3.14. The van der Waals surface area contributed by atoms with Gasteiger partial charge in [0.25, 0.3) is 0 Å². The van der Waals surface area contributed by atoms with Gasteiger partial charge in [-0.1, -0.05) is 13.3 Å². The second kappa shape index (κ2) is 6.90. The molecule has 0 aliphatic heterocycles. The summed E-state index contributed by atoms with van der Waals surface area (Å²) in [7, 11) is -2.92. The Balaban J connectivity index is 2.17. The Labute approximate surface area is 134 Å². The van der Waals surface area contributed by atoms with E-state index in [0.717, 1.165) is 36.0 Å². The molecule has 1 N–H and O–H groups in total. The smallest absolute Gasteiger partial charge is 0.150 e. The van der Waals surface area contributed by atoms with Crippen LogP contribution in [0.15, 0.2) is 15.2 Å². The first-order valence-corrected chi connectivity index (χ1v) is 10.7. The van der Waals surface area contributed by atoms with E-state index in [1.807, 2.05) is 0 Å². The fraction of sp³-hybridized carbons (Fsp3) is 0.714. The van der Waals surface area contributed by atoms with E-state index in [0.29, 0.717) is 5.92 Å². The van der Waals surface area contributed by atoms with Gasteiger partial charge >= 0.3 is 0 Å². The lowest BCUT2D eigenvalue weighted by molar-refractivity contribution is 0.276. The quantitative estimate of drug-likeness (QED) is 0.846. The number of thiophene rings is 1. The number of nitrogens with one attached hydrogen (secondary N) is 1. The number of halogens is 1. The lowest BCUT2D eigenvalue weighted by Gasteiger charge is -2.34. The normalized spacial score (nSPS) is 25.6. The lowest BCUT2D eigenvalue weighted by Crippen LogP contribution is -2.35. The molecule has 20 heavy (non-hydrogen) atoms. The second-order valence-electron chi connectivity index (χ2n) is 5.60. The van der Waals surface area contributed by atoms with Gasteiger partial charge in [0, 0.05) is 12.3 Å². The van der Waals surface area contributed by atoms with E-state index in [2.05, 4.69) is 39.6 Å². The molecule has 0 bridgehead atoms. The van der Waals surface area contributed by atoms with Crippen LogP contribution in [0.3, 0.4) is 0 Å². The maximum atomic E-state index is 11.8. The van der Waals surface area contributed by atoms with Crippen molar-refractivity contribution in [3.05, 3.63) is 20.8 Å². The van der Waals surface area contributed by atoms with Crippen LogP contribution in [0.4, 0.5) is 0 Å². The van der Waals surface area contributed by atoms with Crippen LogP contribution in [0.5, 0.6) is 0 Å². The Kier molecular flexibility index (Phi) is 5.68. The average molecular weight is 380 g/mol. The molecule has 3 atom stereocenters. The van der Waals surface area contributed by atoms with Crippen molar-refractivity contribution in [2.75, 3.05) is 12.8 Å². The summed E-state index contributed by atoms with van der Waals surface area (Å²) >= 11 is 5.20. The predicted octanol–water partition coefficient (Wildman–Crippen LogP) is 3.76. The van der Waals surface area contributed by atoms with Gasteiger partial charge in [-0.05, 0) is 64.7 Å². The summed E-state index contributed by atoms with van der Waals surface area (Å²) < 4.78 is 24.8. The van der Waals surface area contributed by atoms with Crippen molar-refractivity contribution in [1.82, 2.24) is 5.32 Å². The first-order chi connectivity index (χ1) is 9.41. The summed E-state index contributed by atoms with van der Waals surface area (Å²) in [6.07, 6.45) is 5.10. The molecule has 0 saturated heterocycles. The largest absolute Gasteiger partial charge is 0.310 e. The van der Waals surface area contributed by atoms with E-state index >= 15 is 0 Å². The van der Waals surface area contributed by atoms with Gasteiger partial charge in [0.1, 0.15) is 9.84 Å². The highest BCUT2D eigenvalue weighted by Crippen LogP contribution is 2.38. The van der Waals surface area contributed by atoms with Crippen LogP contribution in [0, 0.1) is 5.92 Å². The zero-order valence-corrected chi connectivity index (χ0v) is 15.2. The molecule has 1 aromatic rings. The topological polar surface area (TPSA) is 46.2 Å². The molecule has 1 aliphatic carbocycles. The van der Waals surface area contributed by atoms with Crippen LogP contribution in [0.1, 0.15) is 44.2 Å². The zero-order valence-electron chi connectivity index (χ0n) is 11.9. The number of sulfone groups is 1. The van der Waals surface area contributed by atoms with E-state index in [-0.39, 0.29) is 11.3 Å². The summed E-state index contributed by atoms with van der Waals surface area (Å²) in [4.78, 5) is 0.